The molecule has 0 aliphatic heterocycles. The second-order valence-corrected chi connectivity index (χ2v) is 10.7. The van der Waals surface area contributed by atoms with E-state index in [4.69, 9.17) is 11.6 Å². The van der Waals surface area contributed by atoms with Crippen LogP contribution in [-0.4, -0.2) is 33.2 Å². The summed E-state index contributed by atoms with van der Waals surface area (Å²) < 4.78 is 66.9. The lowest BCUT2D eigenvalue weighted by atomic mass is 10.2. The van der Waals surface area contributed by atoms with Crippen molar-refractivity contribution >= 4 is 45.0 Å². The van der Waals surface area contributed by atoms with Crippen LogP contribution in [0.1, 0.15) is 11.1 Å². The zero-order valence-electron chi connectivity index (χ0n) is 18.3. The van der Waals surface area contributed by atoms with E-state index < -0.39 is 34.2 Å². The molecule has 186 valence electrons. The van der Waals surface area contributed by atoms with Crippen molar-refractivity contribution in [2.75, 3.05) is 23.1 Å². The fourth-order valence-electron chi connectivity index (χ4n) is 3.12. The average molecular weight is 543 g/mol. The van der Waals surface area contributed by atoms with Crippen LogP contribution in [0.2, 0.25) is 5.02 Å². The third-order valence-electron chi connectivity index (χ3n) is 4.86. The number of sulfonamides is 1. The van der Waals surface area contributed by atoms with E-state index in [-0.39, 0.29) is 17.1 Å². The Labute approximate surface area is 211 Å². The van der Waals surface area contributed by atoms with E-state index in [0.29, 0.717) is 26.9 Å². The molecule has 0 spiro atoms. The molecule has 0 fully saturated rings. The number of anilines is 1. The second kappa shape index (κ2) is 11.8. The van der Waals surface area contributed by atoms with Gasteiger partial charge in [0.1, 0.15) is 6.54 Å². The van der Waals surface area contributed by atoms with Crippen molar-refractivity contribution in [3.8, 4) is 0 Å². The van der Waals surface area contributed by atoms with Gasteiger partial charge in [0.25, 0.3) is 10.0 Å². The first-order valence-corrected chi connectivity index (χ1v) is 13.4. The van der Waals surface area contributed by atoms with Crippen LogP contribution in [0.3, 0.4) is 0 Å². The number of halogens is 4. The van der Waals surface area contributed by atoms with Gasteiger partial charge in [0.2, 0.25) is 5.91 Å². The molecule has 0 aromatic heterocycles. The van der Waals surface area contributed by atoms with Crippen LogP contribution in [0.25, 0.3) is 0 Å². The number of hydrogen-bond acceptors (Lipinski definition) is 4. The van der Waals surface area contributed by atoms with Crippen LogP contribution in [0.15, 0.2) is 83.8 Å². The zero-order chi connectivity index (χ0) is 25.5. The van der Waals surface area contributed by atoms with Crippen molar-refractivity contribution in [2.24, 2.45) is 0 Å². The first-order valence-electron chi connectivity index (χ1n) is 10.4. The second-order valence-electron chi connectivity index (χ2n) is 7.37. The molecular formula is C24H22ClF3N2O3S2. The van der Waals surface area contributed by atoms with E-state index in [9.17, 15) is 26.4 Å². The lowest BCUT2D eigenvalue weighted by Gasteiger charge is -2.25. The van der Waals surface area contributed by atoms with Gasteiger partial charge < -0.3 is 5.32 Å². The summed E-state index contributed by atoms with van der Waals surface area (Å²) in [7, 11) is -4.30. The maximum Gasteiger partial charge on any atom is 0.416 e. The van der Waals surface area contributed by atoms with Crippen molar-refractivity contribution in [1.29, 1.82) is 0 Å². The van der Waals surface area contributed by atoms with E-state index in [0.717, 1.165) is 17.7 Å². The number of alkyl halides is 3. The molecule has 3 aromatic rings. The van der Waals surface area contributed by atoms with Crippen LogP contribution in [0.4, 0.5) is 18.9 Å². The van der Waals surface area contributed by atoms with Crippen molar-refractivity contribution < 1.29 is 26.4 Å². The van der Waals surface area contributed by atoms with Crippen LogP contribution in [0, 0.1) is 0 Å². The van der Waals surface area contributed by atoms with E-state index in [1.807, 2.05) is 18.2 Å². The van der Waals surface area contributed by atoms with Crippen molar-refractivity contribution in [2.45, 2.75) is 16.8 Å². The number of amides is 1. The minimum Gasteiger partial charge on any atom is -0.354 e. The molecule has 1 amide bonds. The molecule has 11 heteroatoms. The molecule has 5 nitrogen and oxygen atoms in total. The van der Waals surface area contributed by atoms with Gasteiger partial charge in [-0.2, -0.15) is 24.9 Å². The number of nitrogens with one attached hydrogen (secondary N) is 1. The zero-order valence-corrected chi connectivity index (χ0v) is 20.7. The lowest BCUT2D eigenvalue weighted by molar-refractivity contribution is -0.137. The number of hydrogen-bond donors (Lipinski definition) is 1. The van der Waals surface area contributed by atoms with Gasteiger partial charge in [0.15, 0.2) is 0 Å². The molecule has 0 saturated heterocycles. The Morgan fingerprint density at radius 3 is 2.34 bits per heavy atom. The summed E-state index contributed by atoms with van der Waals surface area (Å²) in [6.45, 7) is -0.427. The van der Waals surface area contributed by atoms with Crippen LogP contribution < -0.4 is 9.62 Å². The highest BCUT2D eigenvalue weighted by molar-refractivity contribution is 7.98. The Bertz CT molecular complexity index is 1260. The molecule has 0 heterocycles. The van der Waals surface area contributed by atoms with Crippen LogP contribution >= 0.6 is 23.4 Å². The van der Waals surface area contributed by atoms with Gasteiger partial charge in [-0.3, -0.25) is 9.10 Å². The molecule has 0 saturated carbocycles. The molecule has 0 aliphatic carbocycles. The van der Waals surface area contributed by atoms with E-state index >= 15 is 0 Å². The number of rotatable bonds is 10. The van der Waals surface area contributed by atoms with Gasteiger partial charge in [0.05, 0.1) is 16.1 Å². The van der Waals surface area contributed by atoms with Gasteiger partial charge in [0, 0.05) is 23.1 Å². The van der Waals surface area contributed by atoms with Crippen LogP contribution in [-0.2, 0) is 26.7 Å². The third-order valence-corrected chi connectivity index (χ3v) is 8.03. The third kappa shape index (κ3) is 7.39. The molecule has 3 aromatic carbocycles. The summed E-state index contributed by atoms with van der Waals surface area (Å²) in [6, 6.07) is 18.5. The summed E-state index contributed by atoms with van der Waals surface area (Å²) >= 11 is 7.65. The van der Waals surface area contributed by atoms with Gasteiger partial charge >= 0.3 is 6.18 Å². The standard InChI is InChI=1S/C24H22ClF3N2O3S2/c25-22-12-5-4-7-18(22)17-34-14-13-29-23(31)16-30(35(32,33)21-10-2-1-3-11-21)20-9-6-8-19(15-20)24(26,27)28/h1-12,15H,13-14,16-17H2,(H,29,31). The van der Waals surface area contributed by atoms with Crippen molar-refractivity contribution in [1.82, 2.24) is 5.32 Å². The summed E-state index contributed by atoms with van der Waals surface area (Å²) in [6.07, 6.45) is -4.67. The normalized spacial score (nSPS) is 11.8. The Hall–Kier alpha value is -2.69. The fourth-order valence-corrected chi connectivity index (χ4v) is 5.70. The molecule has 0 bridgehead atoms. The Kier molecular flexibility index (Phi) is 9.09. The number of carbonyl (C=O) groups excluding carboxylic acids is 1. The summed E-state index contributed by atoms with van der Waals surface area (Å²) in [4.78, 5) is 12.5. The predicted octanol–water partition coefficient (Wildman–Crippen LogP) is 5.60. The van der Waals surface area contributed by atoms with Crippen molar-refractivity contribution in [3.05, 3.63) is 95.0 Å². The predicted molar refractivity (Wildman–Crippen MR) is 133 cm³/mol. The molecule has 35 heavy (non-hydrogen) atoms. The van der Waals surface area contributed by atoms with E-state index in [1.54, 1.807) is 12.1 Å². The maximum absolute atomic E-state index is 13.2. The Morgan fingerprint density at radius 2 is 1.66 bits per heavy atom. The topological polar surface area (TPSA) is 66.5 Å². The number of thioether (sulfide) groups is 1. The largest absolute Gasteiger partial charge is 0.416 e. The number of carbonyl (C=O) groups is 1. The summed E-state index contributed by atoms with van der Waals surface area (Å²) in [5.74, 6) is 0.528. The summed E-state index contributed by atoms with van der Waals surface area (Å²) in [5.41, 5.74) is -0.318. The quantitative estimate of drug-likeness (QED) is 0.338. The highest BCUT2D eigenvalue weighted by atomic mass is 35.5. The van der Waals surface area contributed by atoms with Gasteiger partial charge in [-0.15, -0.1) is 0 Å². The Morgan fingerprint density at radius 1 is 0.971 bits per heavy atom. The van der Waals surface area contributed by atoms with Gasteiger partial charge in [-0.1, -0.05) is 54.1 Å². The Balaban J connectivity index is 1.71. The van der Waals surface area contributed by atoms with Crippen LogP contribution in [0.5, 0.6) is 0 Å². The lowest BCUT2D eigenvalue weighted by Crippen LogP contribution is -2.41. The molecular weight excluding hydrogens is 521 g/mol. The van der Waals surface area contributed by atoms with E-state index in [1.165, 1.54) is 42.1 Å². The minimum atomic E-state index is -4.67. The fraction of sp³-hybridized carbons (Fsp3) is 0.208. The maximum atomic E-state index is 13.2. The average Bonchev–Trinajstić information content (AvgIpc) is 2.83. The first-order chi connectivity index (χ1) is 16.6. The monoisotopic (exact) mass is 542 g/mol. The van der Waals surface area contributed by atoms with Gasteiger partial charge in [-0.05, 0) is 42.0 Å². The number of nitrogens with zero attached hydrogens (tertiary/aromatic N) is 1. The van der Waals surface area contributed by atoms with Gasteiger partial charge in [-0.25, -0.2) is 8.42 Å². The number of benzene rings is 3. The highest BCUT2D eigenvalue weighted by Gasteiger charge is 2.33. The minimum absolute atomic E-state index is 0.138. The molecule has 0 radical (unpaired) electrons. The molecule has 3 rings (SSSR count). The van der Waals surface area contributed by atoms with Crippen molar-refractivity contribution in [3.63, 3.8) is 0 Å². The molecule has 0 unspecified atom stereocenters. The molecule has 0 aliphatic rings. The molecule has 0 atom stereocenters. The smallest absolute Gasteiger partial charge is 0.354 e. The highest BCUT2D eigenvalue weighted by Crippen LogP contribution is 2.33. The van der Waals surface area contributed by atoms with E-state index in [2.05, 4.69) is 5.32 Å². The first kappa shape index (κ1) is 26.9. The SMILES string of the molecule is O=C(CN(c1cccc(C(F)(F)F)c1)S(=O)(=O)c1ccccc1)NCCSCc1ccccc1Cl. The molecule has 1 N–H and O–H groups in total. The summed E-state index contributed by atoms with van der Waals surface area (Å²) in [5, 5.41) is 3.28.